The minimum Gasteiger partial charge on any atom is -0.329 e. The molecule has 1 saturated heterocycles. The molecule has 0 aromatic rings. The van der Waals surface area contributed by atoms with Gasteiger partial charge in [-0.2, -0.15) is 11.5 Å². The van der Waals surface area contributed by atoms with Crippen molar-refractivity contribution in [1.29, 1.82) is 0 Å². The van der Waals surface area contributed by atoms with Gasteiger partial charge in [0.1, 0.15) is 0 Å². The Labute approximate surface area is 56.2 Å². The van der Waals surface area contributed by atoms with Gasteiger partial charge in [-0.15, -0.1) is 0 Å². The Morgan fingerprint density at radius 2 is 2.50 bits per heavy atom. The summed E-state index contributed by atoms with van der Waals surface area (Å²) in [6.45, 7) is 4.14. The van der Waals surface area contributed by atoms with Gasteiger partial charge in [0.05, 0.1) is 0 Å². The summed E-state index contributed by atoms with van der Waals surface area (Å²) < 4.78 is 0. The summed E-state index contributed by atoms with van der Waals surface area (Å²) in [4.78, 5) is 2.29. The average molecular weight is 131 g/mol. The third kappa shape index (κ3) is 1.18. The monoisotopic (exact) mass is 131 g/mol. The summed E-state index contributed by atoms with van der Waals surface area (Å²) >= 11 is 5.63. The van der Waals surface area contributed by atoms with Crippen molar-refractivity contribution in [2.24, 2.45) is 0 Å². The molecule has 0 bridgehead atoms. The second-order valence-electron chi connectivity index (χ2n) is 2.42. The molecular formula is C5H11BClN. The summed E-state index contributed by atoms with van der Waals surface area (Å²) in [6.07, 6.45) is 2.65. The molecule has 0 amide bonds. The topological polar surface area (TPSA) is 3.24 Å². The summed E-state index contributed by atoms with van der Waals surface area (Å²) in [5, 5.41) is 0. The molecule has 0 spiro atoms. The third-order valence-electron chi connectivity index (χ3n) is 1.84. The first-order valence-electron chi connectivity index (χ1n) is 3.14. The van der Waals surface area contributed by atoms with E-state index in [0.29, 0.717) is 6.83 Å². The quantitative estimate of drug-likeness (QED) is 0.480. The Kier molecular flexibility index (Phi) is 2.21. The van der Waals surface area contributed by atoms with Crippen LogP contribution in [0.4, 0.5) is 0 Å². The zero-order valence-corrected chi connectivity index (χ0v) is 5.99. The number of nitrogens with zero attached hydrogens (tertiary/aromatic N) is 1. The molecule has 3 heteroatoms. The van der Waals surface area contributed by atoms with Gasteiger partial charge in [0.2, 0.25) is 0 Å². The van der Waals surface area contributed by atoms with Crippen LogP contribution in [0.15, 0.2) is 0 Å². The van der Waals surface area contributed by atoms with Crippen molar-refractivity contribution in [2.75, 3.05) is 6.54 Å². The Morgan fingerprint density at radius 3 is 2.75 bits per heavy atom. The van der Waals surface area contributed by atoms with Crippen molar-refractivity contribution in [3.8, 4) is 0 Å². The molecule has 1 atom stereocenters. The first-order chi connectivity index (χ1) is 3.84. The molecule has 1 unspecified atom stereocenters. The van der Waals surface area contributed by atoms with E-state index in [9.17, 15) is 0 Å². The van der Waals surface area contributed by atoms with Crippen LogP contribution in [0.2, 0.25) is 0 Å². The Balaban J connectivity index is 2.30. The Bertz CT molecular complexity index is 78.8. The van der Waals surface area contributed by atoms with Crippen molar-refractivity contribution in [3.05, 3.63) is 0 Å². The standard InChI is InChI=1S/C5H11BClN/c1-5-3-2-4-8(5)6-7/h5-6H,2-4H2,1H3. The van der Waals surface area contributed by atoms with E-state index in [1.165, 1.54) is 19.4 Å². The second-order valence-corrected chi connectivity index (χ2v) is 2.66. The first kappa shape index (κ1) is 6.44. The van der Waals surface area contributed by atoms with Gasteiger partial charge in [0.25, 0.3) is 0 Å². The molecular weight excluding hydrogens is 120 g/mol. The van der Waals surface area contributed by atoms with Crippen LogP contribution in [0.3, 0.4) is 0 Å². The lowest BCUT2D eigenvalue weighted by Crippen LogP contribution is -2.27. The van der Waals surface area contributed by atoms with Crippen molar-refractivity contribution >= 4 is 18.3 Å². The van der Waals surface area contributed by atoms with E-state index < -0.39 is 0 Å². The van der Waals surface area contributed by atoms with Gasteiger partial charge < -0.3 is 4.81 Å². The highest BCUT2D eigenvalue weighted by molar-refractivity contribution is 6.92. The van der Waals surface area contributed by atoms with Crippen LogP contribution in [0, 0.1) is 0 Å². The molecule has 1 aliphatic heterocycles. The van der Waals surface area contributed by atoms with Gasteiger partial charge in [-0.1, -0.05) is 6.92 Å². The van der Waals surface area contributed by atoms with E-state index in [2.05, 4.69) is 11.7 Å². The van der Waals surface area contributed by atoms with Gasteiger partial charge in [-0.3, -0.25) is 0 Å². The molecule has 1 heterocycles. The van der Waals surface area contributed by atoms with E-state index in [1.54, 1.807) is 0 Å². The van der Waals surface area contributed by atoms with Gasteiger partial charge in [0.15, 0.2) is 0 Å². The second kappa shape index (κ2) is 2.74. The molecule has 0 aromatic carbocycles. The molecule has 0 aliphatic carbocycles. The fraction of sp³-hybridized carbons (Fsp3) is 1.00. The SMILES string of the molecule is CC1CCCN1BCl. The zero-order chi connectivity index (χ0) is 5.98. The van der Waals surface area contributed by atoms with Crippen molar-refractivity contribution in [1.82, 2.24) is 4.81 Å². The van der Waals surface area contributed by atoms with E-state index in [-0.39, 0.29) is 0 Å². The predicted molar refractivity (Wildman–Crippen MR) is 38.4 cm³/mol. The lowest BCUT2D eigenvalue weighted by molar-refractivity contribution is 0.446. The van der Waals surface area contributed by atoms with E-state index in [4.69, 9.17) is 11.5 Å². The molecule has 8 heavy (non-hydrogen) atoms. The van der Waals surface area contributed by atoms with Crippen molar-refractivity contribution < 1.29 is 0 Å². The number of hydrogen-bond acceptors (Lipinski definition) is 1. The molecule has 0 radical (unpaired) electrons. The number of halogens is 1. The van der Waals surface area contributed by atoms with Crippen molar-refractivity contribution in [2.45, 2.75) is 25.8 Å². The molecule has 0 aromatic heterocycles. The van der Waals surface area contributed by atoms with Crippen LogP contribution in [0.1, 0.15) is 19.8 Å². The van der Waals surface area contributed by atoms with Crippen molar-refractivity contribution in [3.63, 3.8) is 0 Å². The van der Waals surface area contributed by atoms with E-state index in [0.717, 1.165) is 6.04 Å². The lowest BCUT2D eigenvalue weighted by Gasteiger charge is -2.15. The molecule has 0 N–H and O–H groups in total. The summed E-state index contributed by atoms with van der Waals surface area (Å²) in [5.41, 5.74) is 0. The lowest BCUT2D eigenvalue weighted by atomic mass is 10.2. The smallest absolute Gasteiger partial charge is 0.314 e. The van der Waals surface area contributed by atoms with Crippen LogP contribution in [-0.4, -0.2) is 24.2 Å². The largest absolute Gasteiger partial charge is 0.329 e. The fourth-order valence-electron chi connectivity index (χ4n) is 1.17. The highest BCUT2D eigenvalue weighted by Crippen LogP contribution is 2.14. The average Bonchev–Trinajstić information content (AvgIpc) is 2.14. The molecule has 1 nitrogen and oxygen atoms in total. The van der Waals surface area contributed by atoms with Crippen LogP contribution in [0.5, 0.6) is 0 Å². The van der Waals surface area contributed by atoms with Gasteiger partial charge in [0, 0.05) is 0 Å². The Morgan fingerprint density at radius 1 is 1.75 bits per heavy atom. The molecule has 46 valence electrons. The third-order valence-corrected chi connectivity index (χ3v) is 2.15. The maximum atomic E-state index is 5.63. The number of hydrogen-bond donors (Lipinski definition) is 0. The van der Waals surface area contributed by atoms with Gasteiger partial charge in [-0.05, 0) is 25.4 Å². The normalized spacial score (nSPS) is 31.0. The maximum absolute atomic E-state index is 5.63. The highest BCUT2D eigenvalue weighted by Gasteiger charge is 2.18. The minimum absolute atomic E-state index is 0.709. The summed E-state index contributed by atoms with van der Waals surface area (Å²) in [6, 6.07) is 0.729. The van der Waals surface area contributed by atoms with Gasteiger partial charge in [-0.25, -0.2) is 0 Å². The van der Waals surface area contributed by atoms with Crippen LogP contribution in [-0.2, 0) is 0 Å². The predicted octanol–water partition coefficient (Wildman–Crippen LogP) is 0.976. The number of rotatable bonds is 1. The molecule has 1 aliphatic rings. The van der Waals surface area contributed by atoms with Gasteiger partial charge >= 0.3 is 6.83 Å². The summed E-state index contributed by atoms with van der Waals surface area (Å²) in [5.74, 6) is 0. The molecule has 1 fully saturated rings. The fourth-order valence-corrected chi connectivity index (χ4v) is 1.53. The highest BCUT2D eigenvalue weighted by atomic mass is 35.5. The maximum Gasteiger partial charge on any atom is 0.314 e. The Hall–Kier alpha value is 0.315. The summed E-state index contributed by atoms with van der Waals surface area (Å²) in [7, 11) is 0. The van der Waals surface area contributed by atoms with Crippen LogP contribution < -0.4 is 0 Å². The first-order valence-corrected chi connectivity index (χ1v) is 3.68. The zero-order valence-electron chi connectivity index (χ0n) is 5.23. The minimum atomic E-state index is 0.709. The molecule has 1 rings (SSSR count). The van der Waals surface area contributed by atoms with E-state index in [1.807, 2.05) is 0 Å². The van der Waals surface area contributed by atoms with E-state index >= 15 is 0 Å². The molecule has 0 saturated carbocycles. The van der Waals surface area contributed by atoms with Crippen LogP contribution >= 0.6 is 11.5 Å². The van der Waals surface area contributed by atoms with Crippen LogP contribution in [0.25, 0.3) is 0 Å².